The summed E-state index contributed by atoms with van der Waals surface area (Å²) >= 11 is 0. The first kappa shape index (κ1) is 30.7. The van der Waals surface area contributed by atoms with Gasteiger partial charge in [-0.2, -0.15) is 27.0 Å². The first-order valence-corrected chi connectivity index (χ1v) is 17.0. The van der Waals surface area contributed by atoms with Gasteiger partial charge in [-0.25, -0.2) is 0 Å². The molecule has 0 saturated heterocycles. The first-order valence-electron chi connectivity index (χ1n) is 14.2. The van der Waals surface area contributed by atoms with Crippen molar-refractivity contribution in [1.29, 1.82) is 0 Å². The molecule has 10 heteroatoms. The van der Waals surface area contributed by atoms with Crippen LogP contribution in [0.5, 0.6) is 11.5 Å². The van der Waals surface area contributed by atoms with Crippen LogP contribution in [0, 0.1) is 13.8 Å². The van der Waals surface area contributed by atoms with Gasteiger partial charge in [-0.3, -0.25) is 0 Å². The SMILES string of the molecule is Cc1ccc(S(=O)(=O)Oc2ccc3ccccc3c2/C=N\N=C/c2c(OS(=O)(=O)c3ccc(C)cc3)ccc3ccccc23)cc1. The molecule has 46 heavy (non-hydrogen) atoms. The molecule has 0 atom stereocenters. The van der Waals surface area contributed by atoms with Crippen molar-refractivity contribution in [2.75, 3.05) is 0 Å². The monoisotopic (exact) mass is 648 g/mol. The van der Waals surface area contributed by atoms with Crippen molar-refractivity contribution in [3.8, 4) is 11.5 Å². The molecule has 6 aromatic carbocycles. The highest BCUT2D eigenvalue weighted by molar-refractivity contribution is 7.87. The van der Waals surface area contributed by atoms with Crippen LogP contribution in [-0.4, -0.2) is 29.3 Å². The van der Waals surface area contributed by atoms with E-state index in [2.05, 4.69) is 10.2 Å². The zero-order chi connectivity index (χ0) is 32.3. The molecule has 6 aromatic rings. The minimum Gasteiger partial charge on any atom is -0.378 e. The van der Waals surface area contributed by atoms with E-state index >= 15 is 0 Å². The van der Waals surface area contributed by atoms with Gasteiger partial charge in [0.2, 0.25) is 0 Å². The summed E-state index contributed by atoms with van der Waals surface area (Å²) < 4.78 is 63.8. The van der Waals surface area contributed by atoms with E-state index < -0.39 is 20.2 Å². The Morgan fingerprint density at radius 1 is 0.478 bits per heavy atom. The Kier molecular flexibility index (Phi) is 8.40. The second kappa shape index (κ2) is 12.6. The molecule has 0 N–H and O–H groups in total. The molecule has 0 aromatic heterocycles. The van der Waals surface area contributed by atoms with Crippen molar-refractivity contribution in [3.63, 3.8) is 0 Å². The summed E-state index contributed by atoms with van der Waals surface area (Å²) in [7, 11) is -8.28. The van der Waals surface area contributed by atoms with Crippen LogP contribution in [0.3, 0.4) is 0 Å². The highest BCUT2D eigenvalue weighted by Crippen LogP contribution is 2.31. The maximum atomic E-state index is 13.2. The molecular weight excluding hydrogens is 621 g/mol. The van der Waals surface area contributed by atoms with Crippen LogP contribution < -0.4 is 8.37 Å². The quantitative estimate of drug-likeness (QED) is 0.0907. The van der Waals surface area contributed by atoms with Gasteiger partial charge in [0, 0.05) is 11.1 Å². The predicted octanol–water partition coefficient (Wildman–Crippen LogP) is 7.60. The van der Waals surface area contributed by atoms with E-state index in [1.54, 1.807) is 48.5 Å². The predicted molar refractivity (Wildman–Crippen MR) is 181 cm³/mol. The molecule has 0 amide bonds. The highest BCUT2D eigenvalue weighted by Gasteiger charge is 2.21. The van der Waals surface area contributed by atoms with Gasteiger partial charge >= 0.3 is 20.2 Å². The van der Waals surface area contributed by atoms with Crippen LogP contribution in [0.2, 0.25) is 0 Å². The van der Waals surface area contributed by atoms with Crippen LogP contribution in [0.25, 0.3) is 21.5 Å². The van der Waals surface area contributed by atoms with Crippen molar-refractivity contribution < 1.29 is 25.2 Å². The summed E-state index contributed by atoms with van der Waals surface area (Å²) in [5, 5.41) is 11.6. The van der Waals surface area contributed by atoms with Gasteiger partial charge in [0.05, 0.1) is 12.4 Å². The lowest BCUT2D eigenvalue weighted by Gasteiger charge is -2.12. The van der Waals surface area contributed by atoms with E-state index in [4.69, 9.17) is 8.37 Å². The minimum atomic E-state index is -4.14. The van der Waals surface area contributed by atoms with E-state index in [1.165, 1.54) is 36.7 Å². The summed E-state index contributed by atoms with van der Waals surface area (Å²) in [6.07, 6.45) is 2.82. The number of hydrogen-bond donors (Lipinski definition) is 0. The van der Waals surface area contributed by atoms with Crippen LogP contribution in [0.15, 0.2) is 141 Å². The summed E-state index contributed by atoms with van der Waals surface area (Å²) in [5.74, 6) is 0.160. The molecule has 0 radical (unpaired) electrons. The normalized spacial score (nSPS) is 12.3. The lowest BCUT2D eigenvalue weighted by molar-refractivity contribution is 0.484. The topological polar surface area (TPSA) is 111 Å². The van der Waals surface area contributed by atoms with E-state index in [0.29, 0.717) is 21.9 Å². The zero-order valence-electron chi connectivity index (χ0n) is 24.9. The molecule has 0 unspecified atom stereocenters. The van der Waals surface area contributed by atoms with Gasteiger partial charge in [-0.15, -0.1) is 0 Å². The fourth-order valence-corrected chi connectivity index (χ4v) is 6.78. The molecule has 0 bridgehead atoms. The third kappa shape index (κ3) is 6.53. The number of fused-ring (bicyclic) bond motifs is 2. The lowest BCUT2D eigenvalue weighted by Crippen LogP contribution is -2.11. The van der Waals surface area contributed by atoms with Crippen LogP contribution in [0.1, 0.15) is 22.3 Å². The Labute approximate surface area is 267 Å². The van der Waals surface area contributed by atoms with Crippen molar-refractivity contribution in [2.45, 2.75) is 23.6 Å². The molecule has 0 aliphatic heterocycles. The molecule has 230 valence electrons. The lowest BCUT2D eigenvalue weighted by atomic mass is 10.0. The van der Waals surface area contributed by atoms with E-state index in [0.717, 1.165) is 21.9 Å². The number of rotatable bonds is 9. The van der Waals surface area contributed by atoms with Crippen LogP contribution in [0.4, 0.5) is 0 Å². The van der Waals surface area contributed by atoms with Crippen molar-refractivity contribution in [1.82, 2.24) is 0 Å². The molecule has 0 aliphatic carbocycles. The molecule has 6 rings (SSSR count). The third-order valence-electron chi connectivity index (χ3n) is 7.32. The van der Waals surface area contributed by atoms with Crippen molar-refractivity contribution in [2.24, 2.45) is 10.2 Å². The van der Waals surface area contributed by atoms with Crippen LogP contribution >= 0.6 is 0 Å². The summed E-state index contributed by atoms with van der Waals surface area (Å²) in [4.78, 5) is 0.0486. The second-order valence-corrected chi connectivity index (χ2v) is 13.7. The number of benzene rings is 6. The molecule has 0 aliphatic rings. The van der Waals surface area contributed by atoms with Crippen LogP contribution in [-0.2, 0) is 20.2 Å². The Bertz CT molecular complexity index is 2180. The maximum absolute atomic E-state index is 13.2. The average molecular weight is 649 g/mol. The summed E-state index contributed by atoms with van der Waals surface area (Å²) in [6, 6.07) is 34.3. The number of nitrogens with zero attached hydrogens (tertiary/aromatic N) is 2. The number of aryl methyl sites for hydroxylation is 2. The van der Waals surface area contributed by atoms with Crippen molar-refractivity contribution >= 4 is 54.2 Å². The van der Waals surface area contributed by atoms with Crippen molar-refractivity contribution in [3.05, 3.63) is 144 Å². The molecule has 0 heterocycles. The van der Waals surface area contributed by atoms with E-state index in [9.17, 15) is 16.8 Å². The fourth-order valence-electron chi connectivity index (χ4n) is 4.89. The molecule has 0 saturated carbocycles. The summed E-state index contributed by atoms with van der Waals surface area (Å²) in [6.45, 7) is 3.73. The van der Waals surface area contributed by atoms with E-state index in [-0.39, 0.29) is 21.3 Å². The fraction of sp³-hybridized carbons (Fsp3) is 0.0556. The van der Waals surface area contributed by atoms with Gasteiger partial charge in [-0.05, 0) is 71.8 Å². The Morgan fingerprint density at radius 2 is 0.848 bits per heavy atom. The second-order valence-electron chi connectivity index (χ2n) is 10.6. The Morgan fingerprint density at radius 3 is 1.24 bits per heavy atom. The van der Waals surface area contributed by atoms with Gasteiger partial charge in [0.25, 0.3) is 0 Å². The van der Waals surface area contributed by atoms with Gasteiger partial charge in [0.15, 0.2) is 11.5 Å². The van der Waals surface area contributed by atoms with Gasteiger partial charge < -0.3 is 8.37 Å². The molecule has 8 nitrogen and oxygen atoms in total. The third-order valence-corrected chi connectivity index (χ3v) is 9.82. The first-order chi connectivity index (χ1) is 22.1. The zero-order valence-corrected chi connectivity index (χ0v) is 26.5. The average Bonchev–Trinajstić information content (AvgIpc) is 3.04. The molecule has 0 fully saturated rings. The largest absolute Gasteiger partial charge is 0.378 e. The Balaban J connectivity index is 1.37. The Hall–Kier alpha value is -5.32. The summed E-state index contributed by atoms with van der Waals surface area (Å²) in [5.41, 5.74) is 2.65. The smallest absolute Gasteiger partial charge is 0.339 e. The standard InChI is InChI=1S/C36H28N2O6S2/c1-25-11-17-29(18-12-25)45(39,40)43-35-21-15-27-7-3-5-9-31(27)33(35)23-37-38-24-34-32-10-6-4-8-28(32)16-22-36(34)44-46(41,42)30-19-13-26(2)14-20-30/h3-24H,1-2H3/b37-23-,38-24-. The van der Waals surface area contributed by atoms with Gasteiger partial charge in [0.1, 0.15) is 9.79 Å². The van der Waals surface area contributed by atoms with E-state index in [1.807, 2.05) is 62.4 Å². The highest BCUT2D eigenvalue weighted by atomic mass is 32.2. The number of hydrogen-bond acceptors (Lipinski definition) is 8. The molecular formula is C36H28N2O6S2. The van der Waals surface area contributed by atoms with Gasteiger partial charge in [-0.1, -0.05) is 96.1 Å². The molecule has 0 spiro atoms. The maximum Gasteiger partial charge on any atom is 0.339 e. The minimum absolute atomic E-state index is 0.0243.